The molecular formula is C19H22N2O3. The Morgan fingerprint density at radius 1 is 1.12 bits per heavy atom. The van der Waals surface area contributed by atoms with Crippen molar-refractivity contribution in [2.24, 2.45) is 5.73 Å². The molecule has 2 rings (SSSR count). The van der Waals surface area contributed by atoms with Gasteiger partial charge in [-0.1, -0.05) is 25.1 Å². The summed E-state index contributed by atoms with van der Waals surface area (Å²) in [6, 6.07) is 9.12. The quantitative estimate of drug-likeness (QED) is 0.886. The van der Waals surface area contributed by atoms with Crippen molar-refractivity contribution in [1.82, 2.24) is 5.32 Å². The van der Waals surface area contributed by atoms with Crippen LogP contribution in [-0.4, -0.2) is 18.9 Å². The first-order valence-electron chi connectivity index (χ1n) is 7.82. The van der Waals surface area contributed by atoms with Gasteiger partial charge in [0.15, 0.2) is 0 Å². The summed E-state index contributed by atoms with van der Waals surface area (Å²) < 4.78 is 6.10. The second kappa shape index (κ2) is 7.17. The zero-order valence-corrected chi connectivity index (χ0v) is 14.4. The molecule has 0 spiro atoms. The van der Waals surface area contributed by atoms with Crippen LogP contribution in [0, 0.1) is 13.8 Å². The summed E-state index contributed by atoms with van der Waals surface area (Å²) in [5, 5.41) is 2.56. The van der Waals surface area contributed by atoms with Crippen LogP contribution in [0.25, 0.3) is 0 Å². The summed E-state index contributed by atoms with van der Waals surface area (Å²) in [5.74, 6) is 0.315. The van der Waals surface area contributed by atoms with Crippen molar-refractivity contribution in [2.75, 3.05) is 7.05 Å². The maximum Gasteiger partial charge on any atom is 0.252 e. The van der Waals surface area contributed by atoms with Crippen LogP contribution in [0.5, 0.6) is 11.5 Å². The van der Waals surface area contributed by atoms with Crippen LogP contribution in [-0.2, 0) is 6.42 Å². The lowest BCUT2D eigenvalue weighted by Gasteiger charge is -2.18. The Bertz CT molecular complexity index is 777. The van der Waals surface area contributed by atoms with Crippen molar-refractivity contribution in [3.05, 3.63) is 58.1 Å². The molecule has 0 unspecified atom stereocenters. The number of nitrogens with two attached hydrogens (primary N) is 1. The van der Waals surface area contributed by atoms with E-state index < -0.39 is 5.91 Å². The Labute approximate surface area is 141 Å². The molecule has 0 saturated carbocycles. The number of hydrogen-bond acceptors (Lipinski definition) is 3. The van der Waals surface area contributed by atoms with Gasteiger partial charge in [-0.2, -0.15) is 0 Å². The van der Waals surface area contributed by atoms with E-state index in [-0.39, 0.29) is 17.0 Å². The Hall–Kier alpha value is -2.82. The van der Waals surface area contributed by atoms with Crippen LogP contribution in [0.2, 0.25) is 0 Å². The van der Waals surface area contributed by atoms with Gasteiger partial charge in [-0.25, -0.2) is 0 Å². The number of primary amides is 1. The normalized spacial score (nSPS) is 10.3. The summed E-state index contributed by atoms with van der Waals surface area (Å²) >= 11 is 0. The van der Waals surface area contributed by atoms with E-state index >= 15 is 0 Å². The molecule has 24 heavy (non-hydrogen) atoms. The van der Waals surface area contributed by atoms with E-state index in [0.717, 1.165) is 16.9 Å². The van der Waals surface area contributed by atoms with E-state index in [1.165, 1.54) is 13.1 Å². The van der Waals surface area contributed by atoms with Crippen LogP contribution in [0.15, 0.2) is 30.3 Å². The number of rotatable bonds is 5. The maximum absolute atomic E-state index is 12.3. The molecule has 5 nitrogen and oxygen atoms in total. The van der Waals surface area contributed by atoms with Gasteiger partial charge in [-0.3, -0.25) is 9.59 Å². The lowest BCUT2D eigenvalue weighted by Crippen LogP contribution is -2.25. The monoisotopic (exact) mass is 326 g/mol. The predicted molar refractivity (Wildman–Crippen MR) is 93.7 cm³/mol. The van der Waals surface area contributed by atoms with E-state index in [2.05, 4.69) is 5.32 Å². The van der Waals surface area contributed by atoms with Crippen molar-refractivity contribution in [3.63, 3.8) is 0 Å². The van der Waals surface area contributed by atoms with Crippen LogP contribution >= 0.6 is 0 Å². The van der Waals surface area contributed by atoms with E-state index in [1.54, 1.807) is 6.07 Å². The molecule has 2 amide bonds. The molecule has 0 aliphatic heterocycles. The molecule has 0 bridgehead atoms. The standard InChI is InChI=1S/C19H22N2O3/c1-5-13-15(24-17-11(2)7-6-8-12(17)3)10-9-14(18(20)22)16(13)19(23)21-4/h6-10H,5H2,1-4H3,(H2,20,22)(H,21,23). The van der Waals surface area contributed by atoms with E-state index in [0.29, 0.717) is 17.7 Å². The number of nitrogens with one attached hydrogen (secondary N) is 1. The van der Waals surface area contributed by atoms with Gasteiger partial charge in [-0.05, 0) is 43.5 Å². The molecule has 3 N–H and O–H groups in total. The van der Waals surface area contributed by atoms with E-state index in [1.807, 2.05) is 39.0 Å². The summed E-state index contributed by atoms with van der Waals surface area (Å²) in [7, 11) is 1.52. The van der Waals surface area contributed by atoms with Crippen LogP contribution < -0.4 is 15.8 Å². The number of benzene rings is 2. The highest BCUT2D eigenvalue weighted by Gasteiger charge is 2.22. The molecule has 126 valence electrons. The van der Waals surface area contributed by atoms with E-state index in [4.69, 9.17) is 10.5 Å². The molecule has 0 saturated heterocycles. The van der Waals surface area contributed by atoms with Gasteiger partial charge in [0.05, 0.1) is 11.1 Å². The minimum Gasteiger partial charge on any atom is -0.457 e. The van der Waals surface area contributed by atoms with Crippen molar-refractivity contribution >= 4 is 11.8 Å². The van der Waals surface area contributed by atoms with Crippen molar-refractivity contribution in [1.29, 1.82) is 0 Å². The highest BCUT2D eigenvalue weighted by molar-refractivity contribution is 6.08. The van der Waals surface area contributed by atoms with Gasteiger partial charge in [0.25, 0.3) is 5.91 Å². The Kier molecular flexibility index (Phi) is 5.24. The first-order chi connectivity index (χ1) is 11.4. The molecule has 0 radical (unpaired) electrons. The fourth-order valence-electron chi connectivity index (χ4n) is 2.74. The number of aryl methyl sites for hydroxylation is 2. The molecule has 0 atom stereocenters. The summed E-state index contributed by atoms with van der Waals surface area (Å²) in [5.41, 5.74) is 8.55. The topological polar surface area (TPSA) is 81.4 Å². The second-order valence-corrected chi connectivity index (χ2v) is 5.58. The number of carbonyl (C=O) groups excluding carboxylic acids is 2. The maximum atomic E-state index is 12.3. The average Bonchev–Trinajstić information content (AvgIpc) is 2.56. The fourth-order valence-corrected chi connectivity index (χ4v) is 2.74. The van der Waals surface area contributed by atoms with Crippen molar-refractivity contribution in [2.45, 2.75) is 27.2 Å². The minimum atomic E-state index is -0.637. The van der Waals surface area contributed by atoms with Gasteiger partial charge in [0, 0.05) is 12.6 Å². The van der Waals surface area contributed by atoms with Gasteiger partial charge in [0.1, 0.15) is 11.5 Å². The highest BCUT2D eigenvalue weighted by atomic mass is 16.5. The smallest absolute Gasteiger partial charge is 0.252 e. The lowest BCUT2D eigenvalue weighted by atomic mass is 9.96. The van der Waals surface area contributed by atoms with Crippen molar-refractivity contribution < 1.29 is 14.3 Å². The summed E-state index contributed by atoms with van der Waals surface area (Å²) in [6.07, 6.45) is 0.532. The summed E-state index contributed by atoms with van der Waals surface area (Å²) in [6.45, 7) is 5.83. The molecule has 2 aromatic carbocycles. The number of para-hydroxylation sites is 1. The highest BCUT2D eigenvalue weighted by Crippen LogP contribution is 2.33. The minimum absolute atomic E-state index is 0.194. The fraction of sp³-hybridized carbons (Fsp3) is 0.263. The largest absolute Gasteiger partial charge is 0.457 e. The van der Waals surface area contributed by atoms with E-state index in [9.17, 15) is 9.59 Å². The van der Waals surface area contributed by atoms with Crippen LogP contribution in [0.4, 0.5) is 0 Å². The molecule has 2 aromatic rings. The zero-order chi connectivity index (χ0) is 17.9. The van der Waals surface area contributed by atoms with Crippen molar-refractivity contribution in [3.8, 4) is 11.5 Å². The van der Waals surface area contributed by atoms with Crippen LogP contribution in [0.3, 0.4) is 0 Å². The first kappa shape index (κ1) is 17.5. The Balaban J connectivity index is 2.63. The summed E-state index contributed by atoms with van der Waals surface area (Å²) in [4.78, 5) is 24.0. The van der Waals surface area contributed by atoms with Gasteiger partial charge in [-0.15, -0.1) is 0 Å². The predicted octanol–water partition coefficient (Wildman–Crippen LogP) is 3.12. The number of ether oxygens (including phenoxy) is 1. The molecular weight excluding hydrogens is 304 g/mol. The number of amides is 2. The van der Waals surface area contributed by atoms with Gasteiger partial charge in [0.2, 0.25) is 5.91 Å². The van der Waals surface area contributed by atoms with Gasteiger partial charge < -0.3 is 15.8 Å². The lowest BCUT2D eigenvalue weighted by molar-refractivity contribution is 0.0942. The first-order valence-corrected chi connectivity index (χ1v) is 7.82. The SMILES string of the molecule is CCc1c(Oc2c(C)cccc2C)ccc(C(N)=O)c1C(=O)NC. The Morgan fingerprint density at radius 2 is 1.75 bits per heavy atom. The molecule has 0 aromatic heterocycles. The third-order valence-corrected chi connectivity index (χ3v) is 3.96. The van der Waals surface area contributed by atoms with Crippen LogP contribution in [0.1, 0.15) is 44.3 Å². The number of hydrogen-bond donors (Lipinski definition) is 2. The Morgan fingerprint density at radius 3 is 2.25 bits per heavy atom. The molecule has 0 aliphatic rings. The van der Waals surface area contributed by atoms with Gasteiger partial charge >= 0.3 is 0 Å². The third kappa shape index (κ3) is 3.25. The molecule has 5 heteroatoms. The second-order valence-electron chi connectivity index (χ2n) is 5.58. The molecule has 0 heterocycles. The third-order valence-electron chi connectivity index (χ3n) is 3.96. The number of carbonyl (C=O) groups is 2. The average molecular weight is 326 g/mol. The zero-order valence-electron chi connectivity index (χ0n) is 14.4. The molecule has 0 aliphatic carbocycles. The molecule has 0 fully saturated rings.